The van der Waals surface area contributed by atoms with Gasteiger partial charge in [0.25, 0.3) is 0 Å². The Morgan fingerprint density at radius 3 is 2.67 bits per heavy atom. The van der Waals surface area contributed by atoms with E-state index in [1.54, 1.807) is 6.20 Å². The van der Waals surface area contributed by atoms with Gasteiger partial charge in [0.05, 0.1) is 30.8 Å². The van der Waals surface area contributed by atoms with Gasteiger partial charge in [0.15, 0.2) is 16.2 Å². The van der Waals surface area contributed by atoms with Gasteiger partial charge in [0, 0.05) is 12.8 Å². The fourth-order valence-corrected chi connectivity index (χ4v) is 3.87. The fraction of sp³-hybridized carbons (Fsp3) is 0.615. The van der Waals surface area contributed by atoms with Crippen molar-refractivity contribution in [3.8, 4) is 0 Å². The zero-order valence-electron chi connectivity index (χ0n) is 11.3. The molecule has 0 bridgehead atoms. The quantitative estimate of drug-likeness (QED) is 0.568. The lowest BCUT2D eigenvalue weighted by Crippen LogP contribution is -2.36. The van der Waals surface area contributed by atoms with E-state index in [0.717, 1.165) is 36.7 Å². The number of aromatic nitrogens is 4. The third-order valence-corrected chi connectivity index (χ3v) is 4.90. The Bertz CT molecular complexity index is 676. The van der Waals surface area contributed by atoms with Crippen LogP contribution in [0.1, 0.15) is 31.7 Å². The van der Waals surface area contributed by atoms with E-state index in [1.165, 1.54) is 0 Å². The Morgan fingerprint density at radius 2 is 1.95 bits per heavy atom. The first-order valence-corrected chi connectivity index (χ1v) is 8.18. The molecule has 4 rings (SSSR count). The van der Waals surface area contributed by atoms with Gasteiger partial charge < -0.3 is 9.47 Å². The summed E-state index contributed by atoms with van der Waals surface area (Å²) in [6.07, 6.45) is 5.42. The van der Waals surface area contributed by atoms with Gasteiger partial charge in [-0.15, -0.1) is 0 Å². The Balaban J connectivity index is 1.63. The van der Waals surface area contributed by atoms with E-state index >= 15 is 0 Å². The summed E-state index contributed by atoms with van der Waals surface area (Å²) in [5.74, 6) is -0.354. The summed E-state index contributed by atoms with van der Waals surface area (Å²) < 4.78 is 14.0. The summed E-state index contributed by atoms with van der Waals surface area (Å²) in [7, 11) is 0. The molecule has 0 unspecified atom stereocenters. The second-order valence-electron chi connectivity index (χ2n) is 5.45. The summed E-state index contributed by atoms with van der Waals surface area (Å²) >= 11 is 9.43. The smallest absolute Gasteiger partial charge is 0.200 e. The first kappa shape index (κ1) is 13.9. The monoisotopic (exact) mass is 372 g/mol. The number of hydrogen-bond acceptors (Lipinski definition) is 5. The van der Waals surface area contributed by atoms with Crippen LogP contribution in [0.15, 0.2) is 10.9 Å². The van der Waals surface area contributed by atoms with E-state index in [0.29, 0.717) is 29.1 Å². The number of ether oxygens (including phenoxy) is 2. The molecule has 3 heterocycles. The fourth-order valence-electron chi connectivity index (χ4n) is 3.21. The number of nitrogens with zero attached hydrogens (tertiary/aromatic N) is 4. The van der Waals surface area contributed by atoms with E-state index in [2.05, 4.69) is 31.0 Å². The van der Waals surface area contributed by atoms with Crippen molar-refractivity contribution in [3.05, 3.63) is 16.1 Å². The molecule has 0 atom stereocenters. The Kier molecular flexibility index (Phi) is 3.40. The maximum Gasteiger partial charge on any atom is 0.200 e. The van der Waals surface area contributed by atoms with Crippen LogP contribution < -0.4 is 0 Å². The highest BCUT2D eigenvalue weighted by Crippen LogP contribution is 2.40. The van der Waals surface area contributed by atoms with Crippen LogP contribution in [0.5, 0.6) is 0 Å². The van der Waals surface area contributed by atoms with Crippen LogP contribution in [0, 0.1) is 0 Å². The molecule has 1 saturated carbocycles. The van der Waals surface area contributed by atoms with Gasteiger partial charge in [-0.1, -0.05) is 11.6 Å². The third kappa shape index (κ3) is 2.36. The molecule has 2 aromatic rings. The average Bonchev–Trinajstić information content (AvgIpc) is 3.08. The highest BCUT2D eigenvalue weighted by Gasteiger charge is 2.41. The van der Waals surface area contributed by atoms with Crippen molar-refractivity contribution in [2.24, 2.45) is 0 Å². The van der Waals surface area contributed by atoms with Gasteiger partial charge in [-0.3, -0.25) is 0 Å². The van der Waals surface area contributed by atoms with Crippen LogP contribution in [0.25, 0.3) is 11.0 Å². The normalized spacial score (nSPS) is 22.4. The summed E-state index contributed by atoms with van der Waals surface area (Å²) in [6.45, 7) is 1.40. The van der Waals surface area contributed by atoms with E-state index < -0.39 is 0 Å². The first-order valence-electron chi connectivity index (χ1n) is 7.01. The second kappa shape index (κ2) is 5.15. The molecular weight excluding hydrogens is 360 g/mol. The number of fused-ring (bicyclic) bond motifs is 1. The lowest BCUT2D eigenvalue weighted by atomic mass is 9.90. The van der Waals surface area contributed by atoms with Gasteiger partial charge >= 0.3 is 0 Å². The SMILES string of the molecule is Clc1nc(Br)nc2c1cnn2C1CCC2(CC1)OCCO2. The zero-order chi connectivity index (χ0) is 14.4. The molecule has 0 aromatic carbocycles. The van der Waals surface area contributed by atoms with Crippen molar-refractivity contribution >= 4 is 38.6 Å². The van der Waals surface area contributed by atoms with Crippen LogP contribution in [-0.4, -0.2) is 38.7 Å². The number of rotatable bonds is 1. The van der Waals surface area contributed by atoms with Gasteiger partial charge in [-0.25, -0.2) is 14.6 Å². The molecule has 1 aliphatic heterocycles. The largest absolute Gasteiger partial charge is 0.348 e. The third-order valence-electron chi connectivity index (χ3n) is 4.26. The molecule has 1 aliphatic carbocycles. The minimum absolute atomic E-state index is 0.291. The van der Waals surface area contributed by atoms with Crippen LogP contribution in [-0.2, 0) is 9.47 Å². The van der Waals surface area contributed by atoms with E-state index in [1.807, 2.05) is 4.68 Å². The van der Waals surface area contributed by atoms with Gasteiger partial charge in [0.1, 0.15) is 5.15 Å². The lowest BCUT2D eigenvalue weighted by molar-refractivity contribution is -0.181. The average molecular weight is 374 g/mol. The molecule has 21 heavy (non-hydrogen) atoms. The van der Waals surface area contributed by atoms with Crippen molar-refractivity contribution in [3.63, 3.8) is 0 Å². The van der Waals surface area contributed by atoms with Crippen LogP contribution in [0.3, 0.4) is 0 Å². The predicted molar refractivity (Wildman–Crippen MR) is 80.2 cm³/mol. The molecule has 1 spiro atoms. The second-order valence-corrected chi connectivity index (χ2v) is 6.52. The molecule has 0 radical (unpaired) electrons. The van der Waals surface area contributed by atoms with Crippen molar-refractivity contribution in [1.29, 1.82) is 0 Å². The lowest BCUT2D eigenvalue weighted by Gasteiger charge is -2.35. The molecule has 112 valence electrons. The van der Waals surface area contributed by atoms with E-state index in [-0.39, 0.29) is 5.79 Å². The molecular formula is C13H14BrClN4O2. The highest BCUT2D eigenvalue weighted by molar-refractivity contribution is 9.10. The topological polar surface area (TPSA) is 62.1 Å². The molecule has 0 N–H and O–H groups in total. The molecule has 8 heteroatoms. The van der Waals surface area contributed by atoms with Crippen molar-refractivity contribution in [1.82, 2.24) is 19.7 Å². The Morgan fingerprint density at radius 1 is 1.24 bits per heavy atom. The molecule has 1 saturated heterocycles. The molecule has 6 nitrogen and oxygen atoms in total. The van der Waals surface area contributed by atoms with Crippen LogP contribution >= 0.6 is 27.5 Å². The Hall–Kier alpha value is -0.760. The van der Waals surface area contributed by atoms with Crippen molar-refractivity contribution in [2.45, 2.75) is 37.5 Å². The van der Waals surface area contributed by atoms with E-state index in [4.69, 9.17) is 21.1 Å². The first-order chi connectivity index (χ1) is 10.2. The summed E-state index contributed by atoms with van der Waals surface area (Å²) in [5, 5.41) is 5.67. The number of halogens is 2. The standard InChI is InChI=1S/C13H14BrClN4O2/c14-12-17-10(15)9-7-16-19(11(9)18-12)8-1-3-13(4-2-8)20-5-6-21-13/h7-8H,1-6H2. The molecule has 0 amide bonds. The predicted octanol–water partition coefficient (Wildman–Crippen LogP) is 3.10. The van der Waals surface area contributed by atoms with Crippen molar-refractivity contribution in [2.75, 3.05) is 13.2 Å². The minimum Gasteiger partial charge on any atom is -0.348 e. The minimum atomic E-state index is -0.354. The van der Waals surface area contributed by atoms with Gasteiger partial charge in [0.2, 0.25) is 0 Å². The molecule has 2 aromatic heterocycles. The zero-order valence-corrected chi connectivity index (χ0v) is 13.6. The maximum absolute atomic E-state index is 6.14. The molecule has 2 fully saturated rings. The maximum atomic E-state index is 6.14. The van der Waals surface area contributed by atoms with Gasteiger partial charge in [-0.05, 0) is 28.8 Å². The van der Waals surface area contributed by atoms with Crippen LogP contribution in [0.2, 0.25) is 5.15 Å². The van der Waals surface area contributed by atoms with E-state index in [9.17, 15) is 0 Å². The van der Waals surface area contributed by atoms with Crippen LogP contribution in [0.4, 0.5) is 0 Å². The van der Waals surface area contributed by atoms with Gasteiger partial charge in [-0.2, -0.15) is 5.10 Å². The highest BCUT2D eigenvalue weighted by atomic mass is 79.9. The summed E-state index contributed by atoms with van der Waals surface area (Å²) in [5.41, 5.74) is 0.774. The Labute approximate surface area is 134 Å². The number of hydrogen-bond donors (Lipinski definition) is 0. The molecule has 2 aliphatic rings. The van der Waals surface area contributed by atoms with Crippen molar-refractivity contribution < 1.29 is 9.47 Å². The summed E-state index contributed by atoms with van der Waals surface area (Å²) in [4.78, 5) is 8.52. The summed E-state index contributed by atoms with van der Waals surface area (Å²) in [6, 6.07) is 0.291.